The predicted octanol–water partition coefficient (Wildman–Crippen LogP) is 4.52. The van der Waals surface area contributed by atoms with Gasteiger partial charge in [-0.1, -0.05) is 26.8 Å². The van der Waals surface area contributed by atoms with Crippen molar-refractivity contribution in [3.8, 4) is 5.75 Å². The Morgan fingerprint density at radius 2 is 2.20 bits per heavy atom. The average Bonchev–Trinajstić information content (AvgIpc) is 2.47. The summed E-state index contributed by atoms with van der Waals surface area (Å²) < 4.78 is 7.06. The Morgan fingerprint density at radius 3 is 2.80 bits per heavy atom. The van der Waals surface area contributed by atoms with Crippen molar-refractivity contribution < 1.29 is 4.74 Å². The van der Waals surface area contributed by atoms with Crippen LogP contribution < -0.4 is 10.1 Å². The SMILES string of the molecule is CCC(C)(C)c1ccc(OC[C@@H]2CCCNC2)c(Br)c1. The normalized spacial score (nSPS) is 19.9. The topological polar surface area (TPSA) is 21.3 Å². The first-order valence-corrected chi connectivity index (χ1v) is 8.46. The van der Waals surface area contributed by atoms with Crippen LogP contribution in [0.4, 0.5) is 0 Å². The van der Waals surface area contributed by atoms with E-state index in [1.165, 1.54) is 18.4 Å². The molecule has 0 aliphatic carbocycles. The van der Waals surface area contributed by atoms with Gasteiger partial charge in [-0.3, -0.25) is 0 Å². The fraction of sp³-hybridized carbons (Fsp3) is 0.647. The maximum atomic E-state index is 5.99. The van der Waals surface area contributed by atoms with E-state index in [0.717, 1.165) is 36.3 Å². The summed E-state index contributed by atoms with van der Waals surface area (Å²) in [6.45, 7) is 9.84. The van der Waals surface area contributed by atoms with E-state index in [-0.39, 0.29) is 5.41 Å². The summed E-state index contributed by atoms with van der Waals surface area (Å²) in [5, 5.41) is 3.43. The number of piperidine rings is 1. The molecule has 2 rings (SSSR count). The van der Waals surface area contributed by atoms with Crippen LogP contribution in [0.2, 0.25) is 0 Å². The van der Waals surface area contributed by atoms with Crippen LogP contribution in [0.25, 0.3) is 0 Å². The lowest BCUT2D eigenvalue weighted by atomic mass is 9.82. The summed E-state index contributed by atoms with van der Waals surface area (Å²) in [6, 6.07) is 6.51. The molecule has 0 saturated carbocycles. The lowest BCUT2D eigenvalue weighted by molar-refractivity contribution is 0.217. The van der Waals surface area contributed by atoms with Crippen LogP contribution in [0.3, 0.4) is 0 Å². The first-order valence-electron chi connectivity index (χ1n) is 7.66. The van der Waals surface area contributed by atoms with Gasteiger partial charge in [0.1, 0.15) is 5.75 Å². The minimum atomic E-state index is 0.217. The molecule has 0 spiro atoms. The molecule has 112 valence electrons. The van der Waals surface area contributed by atoms with Gasteiger partial charge in [-0.2, -0.15) is 0 Å². The molecule has 1 aromatic rings. The monoisotopic (exact) mass is 339 g/mol. The van der Waals surface area contributed by atoms with Crippen LogP contribution in [-0.4, -0.2) is 19.7 Å². The third kappa shape index (κ3) is 3.98. The van der Waals surface area contributed by atoms with Crippen LogP contribution in [-0.2, 0) is 5.41 Å². The van der Waals surface area contributed by atoms with Crippen LogP contribution in [0.1, 0.15) is 45.6 Å². The summed E-state index contributed by atoms with van der Waals surface area (Å²) in [5.41, 5.74) is 1.58. The predicted molar refractivity (Wildman–Crippen MR) is 88.5 cm³/mol. The van der Waals surface area contributed by atoms with Gasteiger partial charge in [0, 0.05) is 12.5 Å². The van der Waals surface area contributed by atoms with E-state index in [2.05, 4.69) is 60.2 Å². The zero-order valence-electron chi connectivity index (χ0n) is 12.8. The minimum Gasteiger partial charge on any atom is -0.492 e. The molecule has 2 nitrogen and oxygen atoms in total. The van der Waals surface area contributed by atoms with Gasteiger partial charge in [-0.05, 0) is 64.8 Å². The summed E-state index contributed by atoms with van der Waals surface area (Å²) in [6.07, 6.45) is 3.66. The number of benzene rings is 1. The zero-order chi connectivity index (χ0) is 14.6. The summed E-state index contributed by atoms with van der Waals surface area (Å²) >= 11 is 3.65. The average molecular weight is 340 g/mol. The molecular formula is C17H26BrNO. The largest absolute Gasteiger partial charge is 0.492 e. The standard InChI is InChI=1S/C17H26BrNO/c1-4-17(2,3)14-7-8-16(15(18)10-14)20-12-13-6-5-9-19-11-13/h7-8,10,13,19H,4-6,9,11-12H2,1-3H3/t13-/m1/s1. The fourth-order valence-corrected chi connectivity index (χ4v) is 3.01. The highest BCUT2D eigenvalue weighted by Gasteiger charge is 2.19. The van der Waals surface area contributed by atoms with Crippen molar-refractivity contribution in [3.63, 3.8) is 0 Å². The molecule has 0 aromatic heterocycles. The second-order valence-corrected chi connectivity index (χ2v) is 7.26. The number of ether oxygens (including phenoxy) is 1. The Morgan fingerprint density at radius 1 is 1.40 bits per heavy atom. The van der Waals surface area contributed by atoms with Crippen molar-refractivity contribution in [2.24, 2.45) is 5.92 Å². The third-order valence-electron chi connectivity index (χ3n) is 4.47. The maximum absolute atomic E-state index is 5.99. The Labute approximate surface area is 131 Å². The van der Waals surface area contributed by atoms with Crippen molar-refractivity contribution in [2.75, 3.05) is 19.7 Å². The number of hydrogen-bond acceptors (Lipinski definition) is 2. The molecule has 0 radical (unpaired) electrons. The van der Waals surface area contributed by atoms with Crippen LogP contribution >= 0.6 is 15.9 Å². The van der Waals surface area contributed by atoms with E-state index in [1.807, 2.05) is 0 Å². The quantitative estimate of drug-likeness (QED) is 0.851. The molecule has 1 saturated heterocycles. The first kappa shape index (κ1) is 15.8. The number of nitrogens with one attached hydrogen (secondary N) is 1. The first-order chi connectivity index (χ1) is 9.53. The smallest absolute Gasteiger partial charge is 0.133 e. The lowest BCUT2D eigenvalue weighted by Crippen LogP contribution is -2.33. The molecule has 1 N–H and O–H groups in total. The second-order valence-electron chi connectivity index (χ2n) is 6.41. The Kier molecular flexibility index (Phi) is 5.50. The molecule has 1 fully saturated rings. The van der Waals surface area contributed by atoms with Gasteiger partial charge in [0.15, 0.2) is 0 Å². The van der Waals surface area contributed by atoms with Crippen molar-refractivity contribution in [1.29, 1.82) is 0 Å². The zero-order valence-corrected chi connectivity index (χ0v) is 14.4. The molecule has 0 unspecified atom stereocenters. The van der Waals surface area contributed by atoms with Crippen LogP contribution in [0, 0.1) is 5.92 Å². The third-order valence-corrected chi connectivity index (χ3v) is 5.09. The van der Waals surface area contributed by atoms with Crippen molar-refractivity contribution in [2.45, 2.75) is 45.4 Å². The summed E-state index contributed by atoms with van der Waals surface area (Å²) in [4.78, 5) is 0. The molecule has 3 heteroatoms. The summed E-state index contributed by atoms with van der Waals surface area (Å²) in [7, 11) is 0. The molecule has 0 amide bonds. The van der Waals surface area contributed by atoms with E-state index in [0.29, 0.717) is 5.92 Å². The number of hydrogen-bond donors (Lipinski definition) is 1. The van der Waals surface area contributed by atoms with E-state index in [9.17, 15) is 0 Å². The molecule has 1 aromatic carbocycles. The van der Waals surface area contributed by atoms with Crippen LogP contribution in [0.5, 0.6) is 5.75 Å². The van der Waals surface area contributed by atoms with Crippen molar-refractivity contribution in [3.05, 3.63) is 28.2 Å². The second kappa shape index (κ2) is 6.95. The molecular weight excluding hydrogens is 314 g/mol. The van der Waals surface area contributed by atoms with Crippen molar-refractivity contribution in [1.82, 2.24) is 5.32 Å². The number of rotatable bonds is 5. The van der Waals surface area contributed by atoms with Crippen LogP contribution in [0.15, 0.2) is 22.7 Å². The van der Waals surface area contributed by atoms with Gasteiger partial charge < -0.3 is 10.1 Å². The van der Waals surface area contributed by atoms with Gasteiger partial charge in [-0.25, -0.2) is 0 Å². The molecule has 20 heavy (non-hydrogen) atoms. The Hall–Kier alpha value is -0.540. The highest BCUT2D eigenvalue weighted by molar-refractivity contribution is 9.10. The van der Waals surface area contributed by atoms with Gasteiger partial charge in [0.2, 0.25) is 0 Å². The Balaban J connectivity index is 1.99. The van der Waals surface area contributed by atoms with E-state index in [1.54, 1.807) is 0 Å². The van der Waals surface area contributed by atoms with Gasteiger partial charge in [0.05, 0.1) is 11.1 Å². The fourth-order valence-electron chi connectivity index (χ4n) is 2.52. The van der Waals surface area contributed by atoms with Crippen molar-refractivity contribution >= 4 is 15.9 Å². The van der Waals surface area contributed by atoms with Gasteiger partial charge in [0.25, 0.3) is 0 Å². The lowest BCUT2D eigenvalue weighted by Gasteiger charge is -2.25. The Bertz CT molecular complexity index is 439. The summed E-state index contributed by atoms with van der Waals surface area (Å²) in [5.74, 6) is 1.61. The van der Waals surface area contributed by atoms with Gasteiger partial charge >= 0.3 is 0 Å². The highest BCUT2D eigenvalue weighted by Crippen LogP contribution is 2.33. The molecule has 1 aliphatic rings. The molecule has 1 aliphatic heterocycles. The molecule has 0 bridgehead atoms. The van der Waals surface area contributed by atoms with E-state index < -0.39 is 0 Å². The van der Waals surface area contributed by atoms with E-state index in [4.69, 9.17) is 4.74 Å². The molecule has 1 atom stereocenters. The van der Waals surface area contributed by atoms with Gasteiger partial charge in [-0.15, -0.1) is 0 Å². The maximum Gasteiger partial charge on any atom is 0.133 e. The minimum absolute atomic E-state index is 0.217. The number of halogens is 1. The van der Waals surface area contributed by atoms with E-state index >= 15 is 0 Å². The molecule has 1 heterocycles. The highest BCUT2D eigenvalue weighted by atomic mass is 79.9.